The maximum absolute atomic E-state index is 11.8. The van der Waals surface area contributed by atoms with Crippen LogP contribution in [-0.4, -0.2) is 17.0 Å². The molecule has 7 nitrogen and oxygen atoms in total. The van der Waals surface area contributed by atoms with E-state index < -0.39 is 11.8 Å². The number of carbonyl (C=O) groups is 2. The van der Waals surface area contributed by atoms with Crippen LogP contribution in [0.5, 0.6) is 0 Å². The van der Waals surface area contributed by atoms with Gasteiger partial charge in [0.15, 0.2) is 5.82 Å². The molecular formula is C15H13N3O4S. The number of thiophene rings is 1. The third kappa shape index (κ3) is 3.67. The van der Waals surface area contributed by atoms with Crippen molar-refractivity contribution in [3.8, 4) is 11.3 Å². The molecule has 2 N–H and O–H groups in total. The van der Waals surface area contributed by atoms with E-state index in [0.717, 1.165) is 16.2 Å². The Labute approximate surface area is 135 Å². The summed E-state index contributed by atoms with van der Waals surface area (Å²) in [7, 11) is 0. The molecule has 0 aliphatic heterocycles. The Kier molecular flexibility index (Phi) is 4.24. The standard InChI is InChI=1S/C15H13N3O4S/c1-9-5-13(18-22-9)17-15(20)14(19)16-7-11-6-10(8-23-11)12-3-2-4-21-12/h2-6,8H,7H2,1H3,(H,16,19)(H,17,18,20). The zero-order chi connectivity index (χ0) is 16.2. The van der Waals surface area contributed by atoms with Gasteiger partial charge in [-0.2, -0.15) is 0 Å². The molecule has 0 fully saturated rings. The Hall–Kier alpha value is -2.87. The van der Waals surface area contributed by atoms with Crippen LogP contribution in [0.2, 0.25) is 0 Å². The number of aryl methyl sites for hydroxylation is 1. The summed E-state index contributed by atoms with van der Waals surface area (Å²) in [4.78, 5) is 24.4. The van der Waals surface area contributed by atoms with Gasteiger partial charge in [-0.25, -0.2) is 0 Å². The van der Waals surface area contributed by atoms with E-state index in [4.69, 9.17) is 8.94 Å². The van der Waals surface area contributed by atoms with E-state index in [1.54, 1.807) is 13.2 Å². The third-order valence-corrected chi connectivity index (χ3v) is 3.90. The third-order valence-electron chi connectivity index (χ3n) is 2.96. The average Bonchev–Trinajstić information content (AvgIpc) is 3.26. The molecule has 0 aliphatic rings. The van der Waals surface area contributed by atoms with Gasteiger partial charge >= 0.3 is 11.8 Å². The largest absolute Gasteiger partial charge is 0.464 e. The van der Waals surface area contributed by atoms with Crippen molar-refractivity contribution in [1.29, 1.82) is 0 Å². The fourth-order valence-corrected chi connectivity index (χ4v) is 2.70. The van der Waals surface area contributed by atoms with E-state index in [1.165, 1.54) is 17.4 Å². The molecule has 118 valence electrons. The second-order valence-corrected chi connectivity index (χ2v) is 5.73. The van der Waals surface area contributed by atoms with E-state index in [9.17, 15) is 9.59 Å². The van der Waals surface area contributed by atoms with Crippen LogP contribution in [0.15, 0.2) is 44.8 Å². The Bertz CT molecular complexity index is 820. The second kappa shape index (κ2) is 6.49. The van der Waals surface area contributed by atoms with Crippen LogP contribution >= 0.6 is 11.3 Å². The zero-order valence-electron chi connectivity index (χ0n) is 12.2. The number of anilines is 1. The quantitative estimate of drug-likeness (QED) is 0.716. The SMILES string of the molecule is Cc1cc(NC(=O)C(=O)NCc2cc(-c3ccco3)cs2)no1. The van der Waals surface area contributed by atoms with E-state index >= 15 is 0 Å². The Balaban J connectivity index is 1.53. The molecule has 2 amide bonds. The summed E-state index contributed by atoms with van der Waals surface area (Å²) in [6.45, 7) is 1.95. The van der Waals surface area contributed by atoms with Crippen molar-refractivity contribution in [2.75, 3.05) is 5.32 Å². The van der Waals surface area contributed by atoms with Crippen molar-refractivity contribution in [3.63, 3.8) is 0 Å². The molecule has 0 saturated heterocycles. The minimum Gasteiger partial charge on any atom is -0.464 e. The van der Waals surface area contributed by atoms with Crippen LogP contribution in [0, 0.1) is 6.92 Å². The number of nitrogens with one attached hydrogen (secondary N) is 2. The van der Waals surface area contributed by atoms with Crippen LogP contribution < -0.4 is 10.6 Å². The molecule has 0 aliphatic carbocycles. The van der Waals surface area contributed by atoms with Crippen LogP contribution in [0.4, 0.5) is 5.82 Å². The van der Waals surface area contributed by atoms with Gasteiger partial charge in [0.1, 0.15) is 11.5 Å². The molecule has 3 rings (SSSR count). The van der Waals surface area contributed by atoms with Crippen LogP contribution in [0.3, 0.4) is 0 Å². The van der Waals surface area contributed by atoms with Crippen LogP contribution in [0.1, 0.15) is 10.6 Å². The van der Waals surface area contributed by atoms with E-state index in [1.807, 2.05) is 23.6 Å². The summed E-state index contributed by atoms with van der Waals surface area (Å²) in [5, 5.41) is 10.4. The predicted molar refractivity (Wildman–Crippen MR) is 83.7 cm³/mol. The summed E-state index contributed by atoms with van der Waals surface area (Å²) < 4.78 is 10.1. The summed E-state index contributed by atoms with van der Waals surface area (Å²) in [5.41, 5.74) is 0.937. The van der Waals surface area contributed by atoms with Gasteiger partial charge in [0.05, 0.1) is 12.8 Å². The first-order valence-corrected chi connectivity index (χ1v) is 7.63. The smallest absolute Gasteiger partial charge is 0.314 e. The maximum atomic E-state index is 11.8. The number of carbonyl (C=O) groups excluding carboxylic acids is 2. The number of amides is 2. The first kappa shape index (κ1) is 15.0. The minimum absolute atomic E-state index is 0.207. The lowest BCUT2D eigenvalue weighted by Gasteiger charge is -2.02. The van der Waals surface area contributed by atoms with E-state index in [-0.39, 0.29) is 12.4 Å². The molecule has 0 unspecified atom stereocenters. The minimum atomic E-state index is -0.791. The summed E-state index contributed by atoms with van der Waals surface area (Å²) in [6, 6.07) is 7.10. The molecular weight excluding hydrogens is 318 g/mol. The van der Waals surface area contributed by atoms with Gasteiger partial charge in [-0.1, -0.05) is 5.16 Å². The number of hydrogen-bond acceptors (Lipinski definition) is 6. The van der Waals surface area contributed by atoms with Crippen molar-refractivity contribution >= 4 is 29.0 Å². The van der Waals surface area contributed by atoms with Gasteiger partial charge in [-0.3, -0.25) is 14.9 Å². The summed E-state index contributed by atoms with van der Waals surface area (Å²) in [5.74, 6) is -0.0127. The van der Waals surface area contributed by atoms with Gasteiger partial charge in [0.25, 0.3) is 0 Å². The zero-order valence-corrected chi connectivity index (χ0v) is 13.0. The van der Waals surface area contributed by atoms with Crippen LogP contribution in [-0.2, 0) is 16.1 Å². The van der Waals surface area contributed by atoms with Crippen molar-refractivity contribution < 1.29 is 18.5 Å². The van der Waals surface area contributed by atoms with Gasteiger partial charge < -0.3 is 14.3 Å². The highest BCUT2D eigenvalue weighted by atomic mass is 32.1. The van der Waals surface area contributed by atoms with Crippen LogP contribution in [0.25, 0.3) is 11.3 Å². The highest BCUT2D eigenvalue weighted by molar-refractivity contribution is 7.10. The first-order chi connectivity index (χ1) is 11.1. The number of nitrogens with zero attached hydrogens (tertiary/aromatic N) is 1. The topological polar surface area (TPSA) is 97.4 Å². The molecule has 23 heavy (non-hydrogen) atoms. The van der Waals surface area contributed by atoms with Crippen molar-refractivity contribution in [2.24, 2.45) is 0 Å². The first-order valence-electron chi connectivity index (χ1n) is 6.75. The second-order valence-electron chi connectivity index (χ2n) is 4.74. The molecule has 0 spiro atoms. The van der Waals surface area contributed by atoms with Gasteiger partial charge in [0, 0.05) is 21.9 Å². The highest BCUT2D eigenvalue weighted by Gasteiger charge is 2.15. The Morgan fingerprint density at radius 1 is 1.30 bits per heavy atom. The fourth-order valence-electron chi connectivity index (χ4n) is 1.89. The lowest BCUT2D eigenvalue weighted by Crippen LogP contribution is -2.34. The molecule has 0 atom stereocenters. The number of aromatic nitrogens is 1. The summed E-state index contributed by atoms with van der Waals surface area (Å²) >= 11 is 1.48. The van der Waals surface area contributed by atoms with Gasteiger partial charge in [-0.05, 0) is 25.1 Å². The molecule has 3 aromatic heterocycles. The monoisotopic (exact) mass is 331 g/mol. The normalized spacial score (nSPS) is 10.5. The molecule has 0 bridgehead atoms. The fraction of sp³-hybridized carbons (Fsp3) is 0.133. The highest BCUT2D eigenvalue weighted by Crippen LogP contribution is 2.25. The van der Waals surface area contributed by atoms with Crippen molar-refractivity contribution in [3.05, 3.63) is 46.5 Å². The van der Waals surface area contributed by atoms with Crippen molar-refractivity contribution in [1.82, 2.24) is 10.5 Å². The predicted octanol–water partition coefficient (Wildman–Crippen LogP) is 2.56. The molecule has 8 heteroatoms. The summed E-state index contributed by atoms with van der Waals surface area (Å²) in [6.07, 6.45) is 1.60. The maximum Gasteiger partial charge on any atom is 0.314 e. The molecule has 0 saturated carbocycles. The lowest BCUT2D eigenvalue weighted by molar-refractivity contribution is -0.136. The molecule has 3 aromatic rings. The number of furan rings is 1. The van der Waals surface area contributed by atoms with Crippen molar-refractivity contribution in [2.45, 2.75) is 13.5 Å². The van der Waals surface area contributed by atoms with Gasteiger partial charge in [-0.15, -0.1) is 11.3 Å². The van der Waals surface area contributed by atoms with E-state index in [2.05, 4.69) is 15.8 Å². The number of hydrogen-bond donors (Lipinski definition) is 2. The lowest BCUT2D eigenvalue weighted by atomic mass is 10.2. The number of rotatable bonds is 4. The Morgan fingerprint density at radius 3 is 2.87 bits per heavy atom. The molecule has 0 aromatic carbocycles. The molecule has 3 heterocycles. The average molecular weight is 331 g/mol. The Morgan fingerprint density at radius 2 is 2.17 bits per heavy atom. The molecule has 0 radical (unpaired) electrons. The van der Waals surface area contributed by atoms with Gasteiger partial charge in [0.2, 0.25) is 0 Å². The van der Waals surface area contributed by atoms with E-state index in [0.29, 0.717) is 5.76 Å².